The van der Waals surface area contributed by atoms with E-state index in [1.165, 1.54) is 24.3 Å². The summed E-state index contributed by atoms with van der Waals surface area (Å²) in [6.45, 7) is 2.76. The number of aromatic hydroxyl groups is 1. The van der Waals surface area contributed by atoms with Crippen LogP contribution in [-0.4, -0.2) is 29.1 Å². The third-order valence-corrected chi connectivity index (χ3v) is 3.72. The van der Waals surface area contributed by atoms with Gasteiger partial charge in [0.05, 0.1) is 11.5 Å². The quantitative estimate of drug-likeness (QED) is 0.400. The fourth-order valence-electron chi connectivity index (χ4n) is 2.34. The highest BCUT2D eigenvalue weighted by molar-refractivity contribution is 5.91. The van der Waals surface area contributed by atoms with Crippen LogP contribution < -0.4 is 10.1 Å². The van der Waals surface area contributed by atoms with Crippen LogP contribution in [0.3, 0.4) is 0 Å². The Hall–Kier alpha value is -3.35. The van der Waals surface area contributed by atoms with Crippen molar-refractivity contribution in [2.45, 2.75) is 19.8 Å². The van der Waals surface area contributed by atoms with E-state index in [4.69, 9.17) is 4.74 Å². The van der Waals surface area contributed by atoms with Gasteiger partial charge in [-0.25, -0.2) is 0 Å². The van der Waals surface area contributed by atoms with E-state index in [0.717, 1.165) is 12.0 Å². The van der Waals surface area contributed by atoms with Gasteiger partial charge in [-0.15, -0.1) is 0 Å². The first-order valence-corrected chi connectivity index (χ1v) is 8.64. The molecular formula is C20H22N2O5. The minimum absolute atomic E-state index is 0.127. The average Bonchev–Trinajstić information content (AvgIpc) is 2.66. The van der Waals surface area contributed by atoms with Crippen LogP contribution in [0.25, 0.3) is 6.08 Å². The summed E-state index contributed by atoms with van der Waals surface area (Å²) in [5, 5.41) is 23.2. The number of ether oxygens (including phenoxy) is 1. The lowest BCUT2D eigenvalue weighted by atomic mass is 10.1. The second kappa shape index (κ2) is 9.96. The van der Waals surface area contributed by atoms with Crippen molar-refractivity contribution in [2.24, 2.45) is 0 Å². The molecule has 0 saturated carbocycles. The van der Waals surface area contributed by atoms with Crippen molar-refractivity contribution in [2.75, 3.05) is 13.2 Å². The van der Waals surface area contributed by atoms with Crippen LogP contribution in [0.2, 0.25) is 0 Å². The number of hydrogen-bond acceptors (Lipinski definition) is 5. The molecule has 2 rings (SSSR count). The van der Waals surface area contributed by atoms with Crippen molar-refractivity contribution in [1.29, 1.82) is 0 Å². The molecule has 0 bridgehead atoms. The number of nitrogens with one attached hydrogen (secondary N) is 1. The summed E-state index contributed by atoms with van der Waals surface area (Å²) < 4.78 is 5.37. The van der Waals surface area contributed by atoms with Gasteiger partial charge in [-0.1, -0.05) is 25.1 Å². The minimum Gasteiger partial charge on any atom is -0.508 e. The maximum Gasteiger partial charge on any atom is 0.311 e. The van der Waals surface area contributed by atoms with Gasteiger partial charge < -0.3 is 15.2 Å². The van der Waals surface area contributed by atoms with E-state index in [-0.39, 0.29) is 23.1 Å². The van der Waals surface area contributed by atoms with E-state index in [2.05, 4.69) is 5.32 Å². The predicted molar refractivity (Wildman–Crippen MR) is 103 cm³/mol. The summed E-state index contributed by atoms with van der Waals surface area (Å²) in [5.74, 6) is 0.131. The predicted octanol–water partition coefficient (Wildman–Crippen LogP) is 3.46. The van der Waals surface area contributed by atoms with E-state index in [1.807, 2.05) is 6.92 Å². The van der Waals surface area contributed by atoms with Crippen LogP contribution in [0.4, 0.5) is 5.69 Å². The molecule has 0 atom stereocenters. The number of phenolic OH excluding ortho intramolecular Hbond substituents is 1. The highest BCUT2D eigenvalue weighted by atomic mass is 16.6. The first kappa shape index (κ1) is 20.0. The Bertz CT molecular complexity index is 816. The summed E-state index contributed by atoms with van der Waals surface area (Å²) in [6.07, 6.45) is 4.24. The molecule has 0 radical (unpaired) electrons. The normalized spacial score (nSPS) is 10.7. The van der Waals surface area contributed by atoms with Gasteiger partial charge in [0.1, 0.15) is 5.75 Å². The Morgan fingerprint density at radius 3 is 2.67 bits per heavy atom. The number of nitro benzene ring substituents is 1. The Morgan fingerprint density at radius 1 is 1.26 bits per heavy atom. The maximum atomic E-state index is 11.9. The molecule has 0 heterocycles. The molecule has 142 valence electrons. The molecule has 7 heteroatoms. The molecule has 0 aliphatic rings. The second-order valence-electron chi connectivity index (χ2n) is 5.87. The van der Waals surface area contributed by atoms with Gasteiger partial charge in [0.25, 0.3) is 0 Å². The third-order valence-electron chi connectivity index (χ3n) is 3.72. The van der Waals surface area contributed by atoms with Crippen molar-refractivity contribution in [3.05, 3.63) is 69.8 Å². The first-order chi connectivity index (χ1) is 13.0. The third kappa shape index (κ3) is 6.47. The standard InChI is InChI=1S/C20H22N2O5/c1-2-13-27-19-9-5-16(14-18(19)22(25)26)6-10-20(24)21-12-11-15-3-7-17(23)8-4-15/h3-10,14,23H,2,11-13H2,1H3,(H,21,24)/b10-6+. The van der Waals surface area contributed by atoms with Crippen molar-refractivity contribution in [3.63, 3.8) is 0 Å². The highest BCUT2D eigenvalue weighted by Gasteiger charge is 2.15. The number of carbonyl (C=O) groups is 1. The van der Waals surface area contributed by atoms with Crippen molar-refractivity contribution in [3.8, 4) is 11.5 Å². The SMILES string of the molecule is CCCOc1ccc(/C=C/C(=O)NCCc2ccc(O)cc2)cc1[N+](=O)[O-]. The smallest absolute Gasteiger partial charge is 0.311 e. The van der Waals surface area contributed by atoms with E-state index >= 15 is 0 Å². The maximum absolute atomic E-state index is 11.9. The molecule has 0 aliphatic heterocycles. The lowest BCUT2D eigenvalue weighted by Gasteiger charge is -2.06. The number of rotatable bonds is 9. The number of nitrogens with zero attached hydrogens (tertiary/aromatic N) is 1. The van der Waals surface area contributed by atoms with E-state index < -0.39 is 4.92 Å². The molecule has 1 amide bonds. The fraction of sp³-hybridized carbons (Fsp3) is 0.250. The van der Waals surface area contributed by atoms with Crippen LogP contribution in [0.15, 0.2) is 48.5 Å². The van der Waals surface area contributed by atoms with Gasteiger partial charge in [-0.2, -0.15) is 0 Å². The molecule has 0 aliphatic carbocycles. The van der Waals surface area contributed by atoms with Gasteiger partial charge in [0, 0.05) is 18.7 Å². The Labute approximate surface area is 157 Å². The van der Waals surface area contributed by atoms with E-state index in [9.17, 15) is 20.0 Å². The summed E-state index contributed by atoms with van der Waals surface area (Å²) in [4.78, 5) is 22.6. The van der Waals surface area contributed by atoms with Crippen molar-refractivity contribution >= 4 is 17.7 Å². The lowest BCUT2D eigenvalue weighted by Crippen LogP contribution is -2.23. The van der Waals surface area contributed by atoms with Gasteiger partial charge in [0.15, 0.2) is 5.75 Å². The summed E-state index contributed by atoms with van der Waals surface area (Å²) in [7, 11) is 0. The summed E-state index contributed by atoms with van der Waals surface area (Å²) in [6, 6.07) is 11.4. The average molecular weight is 370 g/mol. The van der Waals surface area contributed by atoms with Gasteiger partial charge >= 0.3 is 5.69 Å². The number of nitro groups is 1. The second-order valence-corrected chi connectivity index (χ2v) is 5.87. The molecule has 2 aromatic rings. The monoisotopic (exact) mass is 370 g/mol. The van der Waals surface area contributed by atoms with Gasteiger partial charge in [-0.05, 0) is 48.2 Å². The molecule has 2 N–H and O–H groups in total. The Balaban J connectivity index is 1.91. The molecule has 27 heavy (non-hydrogen) atoms. The number of hydrogen-bond donors (Lipinski definition) is 2. The van der Waals surface area contributed by atoms with Crippen LogP contribution in [0.5, 0.6) is 11.5 Å². The lowest BCUT2D eigenvalue weighted by molar-refractivity contribution is -0.385. The van der Waals surface area contributed by atoms with Crippen molar-refractivity contribution in [1.82, 2.24) is 5.32 Å². The summed E-state index contributed by atoms with van der Waals surface area (Å²) in [5.41, 5.74) is 1.41. The largest absolute Gasteiger partial charge is 0.508 e. The zero-order chi connectivity index (χ0) is 19.6. The Morgan fingerprint density at radius 2 is 2.00 bits per heavy atom. The molecule has 0 unspecified atom stereocenters. The van der Waals surface area contributed by atoms with Crippen LogP contribution in [0, 0.1) is 10.1 Å². The van der Waals surface area contributed by atoms with Gasteiger partial charge in [0.2, 0.25) is 5.91 Å². The van der Waals surface area contributed by atoms with Crippen LogP contribution >= 0.6 is 0 Å². The van der Waals surface area contributed by atoms with Crippen LogP contribution in [0.1, 0.15) is 24.5 Å². The minimum atomic E-state index is -0.500. The number of benzene rings is 2. The molecular weight excluding hydrogens is 348 g/mol. The van der Waals surface area contributed by atoms with Crippen molar-refractivity contribution < 1.29 is 19.6 Å². The molecule has 0 spiro atoms. The fourth-order valence-corrected chi connectivity index (χ4v) is 2.34. The summed E-state index contributed by atoms with van der Waals surface area (Å²) >= 11 is 0. The zero-order valence-corrected chi connectivity index (χ0v) is 15.1. The Kier molecular flexibility index (Phi) is 7.37. The molecule has 2 aromatic carbocycles. The molecule has 7 nitrogen and oxygen atoms in total. The number of amides is 1. The van der Waals surface area contributed by atoms with E-state index in [1.54, 1.807) is 30.3 Å². The number of carbonyl (C=O) groups excluding carboxylic acids is 1. The first-order valence-electron chi connectivity index (χ1n) is 8.64. The topological polar surface area (TPSA) is 102 Å². The molecule has 0 fully saturated rings. The van der Waals surface area contributed by atoms with Gasteiger partial charge in [-0.3, -0.25) is 14.9 Å². The highest BCUT2D eigenvalue weighted by Crippen LogP contribution is 2.28. The molecule has 0 aromatic heterocycles. The zero-order valence-electron chi connectivity index (χ0n) is 15.1. The van der Waals surface area contributed by atoms with E-state index in [0.29, 0.717) is 25.1 Å². The molecule has 0 saturated heterocycles. The van der Waals surface area contributed by atoms with Crippen LogP contribution in [-0.2, 0) is 11.2 Å². The number of phenols is 1.